The van der Waals surface area contributed by atoms with Crippen molar-refractivity contribution in [1.29, 1.82) is 10.5 Å². The number of aryl methyl sites for hydroxylation is 1. The molecule has 0 unspecified atom stereocenters. The van der Waals surface area contributed by atoms with Crippen molar-refractivity contribution in [2.75, 3.05) is 13.1 Å². The third kappa shape index (κ3) is 2.67. The van der Waals surface area contributed by atoms with Gasteiger partial charge in [-0.25, -0.2) is 8.42 Å². The van der Waals surface area contributed by atoms with Gasteiger partial charge in [-0.1, -0.05) is 6.07 Å². The summed E-state index contributed by atoms with van der Waals surface area (Å²) >= 11 is 0. The predicted octanol–water partition coefficient (Wildman–Crippen LogP) is 1.79. The van der Waals surface area contributed by atoms with Crippen LogP contribution in [0, 0.1) is 35.5 Å². The Morgan fingerprint density at radius 2 is 1.90 bits per heavy atom. The van der Waals surface area contributed by atoms with E-state index in [9.17, 15) is 8.42 Å². The molecular formula is C14H15N3O2S. The molecule has 0 bridgehead atoms. The van der Waals surface area contributed by atoms with E-state index in [-0.39, 0.29) is 10.8 Å². The first-order valence-electron chi connectivity index (χ1n) is 6.39. The molecule has 0 radical (unpaired) electrons. The van der Waals surface area contributed by atoms with Gasteiger partial charge in [0, 0.05) is 19.0 Å². The van der Waals surface area contributed by atoms with Crippen LogP contribution in [-0.4, -0.2) is 25.8 Å². The smallest absolute Gasteiger partial charge is 0.207 e. The largest absolute Gasteiger partial charge is 0.243 e. The monoisotopic (exact) mass is 289 g/mol. The van der Waals surface area contributed by atoms with E-state index < -0.39 is 10.0 Å². The SMILES string of the molecule is Cc1ccc(C#N)cc1S(=O)(=O)N1CCC(C#N)CC1. The number of hydrogen-bond donors (Lipinski definition) is 0. The molecule has 0 aliphatic carbocycles. The molecule has 0 N–H and O–H groups in total. The van der Waals surface area contributed by atoms with E-state index in [0.717, 1.165) is 0 Å². The second-order valence-corrected chi connectivity index (χ2v) is 6.81. The average Bonchev–Trinajstić information content (AvgIpc) is 2.47. The lowest BCUT2D eigenvalue weighted by molar-refractivity contribution is 0.310. The molecule has 2 rings (SSSR count). The highest BCUT2D eigenvalue weighted by molar-refractivity contribution is 7.89. The first-order chi connectivity index (χ1) is 9.48. The van der Waals surface area contributed by atoms with Crippen LogP contribution in [0.5, 0.6) is 0 Å². The molecule has 1 saturated heterocycles. The lowest BCUT2D eigenvalue weighted by Gasteiger charge is -2.28. The molecule has 20 heavy (non-hydrogen) atoms. The first-order valence-corrected chi connectivity index (χ1v) is 7.83. The van der Waals surface area contributed by atoms with Gasteiger partial charge in [-0.05, 0) is 37.5 Å². The van der Waals surface area contributed by atoms with Gasteiger partial charge in [0.2, 0.25) is 10.0 Å². The summed E-state index contributed by atoms with van der Waals surface area (Å²) in [6, 6.07) is 8.81. The van der Waals surface area contributed by atoms with Crippen LogP contribution < -0.4 is 0 Å². The molecule has 1 heterocycles. The predicted molar refractivity (Wildman–Crippen MR) is 73.0 cm³/mol. The first kappa shape index (κ1) is 14.5. The topological polar surface area (TPSA) is 85.0 Å². The maximum Gasteiger partial charge on any atom is 0.243 e. The minimum Gasteiger partial charge on any atom is -0.207 e. The van der Waals surface area contributed by atoms with Crippen LogP contribution in [0.15, 0.2) is 23.1 Å². The van der Waals surface area contributed by atoms with Crippen molar-refractivity contribution in [2.24, 2.45) is 5.92 Å². The molecule has 0 spiro atoms. The summed E-state index contributed by atoms with van der Waals surface area (Å²) in [6.07, 6.45) is 1.12. The van der Waals surface area contributed by atoms with Gasteiger partial charge in [-0.2, -0.15) is 14.8 Å². The molecule has 6 heteroatoms. The van der Waals surface area contributed by atoms with Crippen molar-refractivity contribution in [3.63, 3.8) is 0 Å². The summed E-state index contributed by atoms with van der Waals surface area (Å²) in [5, 5.41) is 17.8. The van der Waals surface area contributed by atoms with Gasteiger partial charge in [-0.3, -0.25) is 0 Å². The van der Waals surface area contributed by atoms with Crippen LogP contribution in [-0.2, 0) is 10.0 Å². The van der Waals surface area contributed by atoms with Crippen LogP contribution in [0.1, 0.15) is 24.0 Å². The van der Waals surface area contributed by atoms with Crippen molar-refractivity contribution in [2.45, 2.75) is 24.7 Å². The Morgan fingerprint density at radius 3 is 2.45 bits per heavy atom. The number of sulfonamides is 1. The fraction of sp³-hybridized carbons (Fsp3) is 0.429. The molecule has 1 aromatic rings. The lowest BCUT2D eigenvalue weighted by Crippen LogP contribution is -2.38. The van der Waals surface area contributed by atoms with Gasteiger partial charge in [0.15, 0.2) is 0 Å². The number of nitrogens with zero attached hydrogens (tertiary/aromatic N) is 3. The molecule has 1 aliphatic heterocycles. The zero-order valence-electron chi connectivity index (χ0n) is 11.2. The average molecular weight is 289 g/mol. The van der Waals surface area contributed by atoms with Crippen LogP contribution in [0.3, 0.4) is 0 Å². The van der Waals surface area contributed by atoms with Crippen molar-refractivity contribution in [3.8, 4) is 12.1 Å². The molecule has 0 atom stereocenters. The van der Waals surface area contributed by atoms with Crippen molar-refractivity contribution in [1.82, 2.24) is 4.31 Å². The zero-order valence-corrected chi connectivity index (χ0v) is 12.0. The fourth-order valence-electron chi connectivity index (χ4n) is 2.31. The summed E-state index contributed by atoms with van der Waals surface area (Å²) in [4.78, 5) is 0.187. The molecule has 0 aromatic heterocycles. The highest BCUT2D eigenvalue weighted by Crippen LogP contribution is 2.25. The number of nitriles is 2. The molecular weight excluding hydrogens is 274 g/mol. The quantitative estimate of drug-likeness (QED) is 0.830. The second-order valence-electron chi connectivity index (χ2n) is 4.90. The van der Waals surface area contributed by atoms with E-state index in [2.05, 4.69) is 6.07 Å². The fourth-order valence-corrected chi connectivity index (χ4v) is 4.03. The Bertz CT molecular complexity index is 690. The Morgan fingerprint density at radius 1 is 1.25 bits per heavy atom. The summed E-state index contributed by atoms with van der Waals surface area (Å²) in [5.74, 6) is -0.0620. The van der Waals surface area contributed by atoms with Gasteiger partial charge < -0.3 is 0 Å². The van der Waals surface area contributed by atoms with Crippen LogP contribution >= 0.6 is 0 Å². The minimum atomic E-state index is -3.58. The van der Waals surface area contributed by atoms with E-state index in [1.807, 2.05) is 6.07 Å². The summed E-state index contributed by atoms with van der Waals surface area (Å²) in [6.45, 7) is 2.43. The third-order valence-corrected chi connectivity index (χ3v) is 5.61. The lowest BCUT2D eigenvalue weighted by atomic mass is 10.0. The maximum atomic E-state index is 12.6. The van der Waals surface area contributed by atoms with Crippen LogP contribution in [0.4, 0.5) is 0 Å². The molecule has 1 aliphatic rings. The number of rotatable bonds is 2. The maximum absolute atomic E-state index is 12.6. The molecule has 5 nitrogen and oxygen atoms in total. The molecule has 1 fully saturated rings. The van der Waals surface area contributed by atoms with Crippen LogP contribution in [0.2, 0.25) is 0 Å². The summed E-state index contributed by atoms with van der Waals surface area (Å²) < 4.78 is 26.6. The molecule has 1 aromatic carbocycles. The highest BCUT2D eigenvalue weighted by Gasteiger charge is 2.30. The van der Waals surface area contributed by atoms with Crippen molar-refractivity contribution < 1.29 is 8.42 Å². The number of hydrogen-bond acceptors (Lipinski definition) is 4. The van der Waals surface area contributed by atoms with E-state index in [4.69, 9.17) is 10.5 Å². The van der Waals surface area contributed by atoms with Crippen molar-refractivity contribution >= 4 is 10.0 Å². The van der Waals surface area contributed by atoms with Crippen LogP contribution in [0.25, 0.3) is 0 Å². The summed E-state index contributed by atoms with van der Waals surface area (Å²) in [5.41, 5.74) is 0.965. The van der Waals surface area contributed by atoms with E-state index >= 15 is 0 Å². The Labute approximate surface area is 119 Å². The molecule has 0 amide bonds. The van der Waals surface area contributed by atoms with Crippen molar-refractivity contribution in [3.05, 3.63) is 29.3 Å². The highest BCUT2D eigenvalue weighted by atomic mass is 32.2. The molecule has 104 valence electrons. The normalized spacial score (nSPS) is 17.4. The Balaban J connectivity index is 2.33. The minimum absolute atomic E-state index is 0.0620. The van der Waals surface area contributed by atoms with E-state index in [1.54, 1.807) is 19.1 Å². The third-order valence-electron chi connectivity index (χ3n) is 3.57. The number of piperidine rings is 1. The van der Waals surface area contributed by atoms with Gasteiger partial charge in [0.25, 0.3) is 0 Å². The zero-order chi connectivity index (χ0) is 14.8. The Hall–Kier alpha value is -1.89. The van der Waals surface area contributed by atoms with Gasteiger partial charge in [-0.15, -0.1) is 0 Å². The standard InChI is InChI=1S/C14H15N3O2S/c1-11-2-3-13(10-16)8-14(11)20(18,19)17-6-4-12(9-15)5-7-17/h2-3,8,12H,4-7H2,1H3. The van der Waals surface area contributed by atoms with E-state index in [1.165, 1.54) is 10.4 Å². The van der Waals surface area contributed by atoms with E-state index in [0.29, 0.717) is 37.1 Å². The van der Waals surface area contributed by atoms with Gasteiger partial charge >= 0.3 is 0 Å². The van der Waals surface area contributed by atoms with Gasteiger partial charge in [0.05, 0.1) is 22.6 Å². The number of benzene rings is 1. The molecule has 0 saturated carbocycles. The van der Waals surface area contributed by atoms with Gasteiger partial charge in [0.1, 0.15) is 0 Å². The summed E-state index contributed by atoms with van der Waals surface area (Å²) in [7, 11) is -3.58. The second kappa shape index (κ2) is 5.62. The Kier molecular flexibility index (Phi) is 4.08.